The number of hydrogen-bond acceptors (Lipinski definition) is 4. The fourth-order valence-corrected chi connectivity index (χ4v) is 5.88. The van der Waals surface area contributed by atoms with Gasteiger partial charge in [0, 0.05) is 36.3 Å². The second kappa shape index (κ2) is 9.10. The number of pyridine rings is 1. The average Bonchev–Trinajstić information content (AvgIpc) is 3.24. The van der Waals surface area contributed by atoms with Crippen molar-refractivity contribution in [2.24, 2.45) is 0 Å². The Balaban J connectivity index is 2.13. The molecule has 0 fully saturated rings. The zero-order valence-corrected chi connectivity index (χ0v) is 20.1. The number of rotatable bonds is 6. The molecule has 2 heterocycles. The van der Waals surface area contributed by atoms with Crippen LogP contribution in [0.5, 0.6) is 0 Å². The lowest BCUT2D eigenvalue weighted by Gasteiger charge is -2.20. The molecule has 34 heavy (non-hydrogen) atoms. The van der Waals surface area contributed by atoms with Gasteiger partial charge in [0.2, 0.25) is 9.84 Å². The summed E-state index contributed by atoms with van der Waals surface area (Å²) in [5.74, 6) is -2.07. The van der Waals surface area contributed by atoms with Crippen LogP contribution < -0.4 is 0 Å². The van der Waals surface area contributed by atoms with Crippen molar-refractivity contribution in [3.63, 3.8) is 0 Å². The Hall–Kier alpha value is -3.39. The van der Waals surface area contributed by atoms with Gasteiger partial charge in [-0.2, -0.15) is 5.10 Å². The predicted molar refractivity (Wildman–Crippen MR) is 126 cm³/mol. The molecule has 0 N–H and O–H groups in total. The fourth-order valence-electron chi connectivity index (χ4n) is 3.95. The van der Waals surface area contributed by atoms with Crippen LogP contribution in [0.2, 0.25) is 0 Å². The van der Waals surface area contributed by atoms with Crippen LogP contribution in [0.3, 0.4) is 0 Å². The molecule has 0 amide bonds. The third-order valence-electron chi connectivity index (χ3n) is 5.70. The van der Waals surface area contributed by atoms with Crippen molar-refractivity contribution in [2.75, 3.05) is 0 Å². The minimum atomic E-state index is -4.46. The van der Waals surface area contributed by atoms with Crippen LogP contribution in [-0.4, -0.2) is 23.2 Å². The van der Waals surface area contributed by atoms with Crippen LogP contribution in [0.1, 0.15) is 37.8 Å². The van der Waals surface area contributed by atoms with E-state index >= 15 is 0 Å². The number of hydrogen-bond donors (Lipinski definition) is 0. The van der Waals surface area contributed by atoms with Gasteiger partial charge >= 0.3 is 0 Å². The van der Waals surface area contributed by atoms with E-state index in [9.17, 15) is 17.2 Å². The molecule has 1 radical (unpaired) electrons. The van der Waals surface area contributed by atoms with Crippen molar-refractivity contribution >= 4 is 9.84 Å². The van der Waals surface area contributed by atoms with Gasteiger partial charge in [-0.1, -0.05) is 13.8 Å². The van der Waals surface area contributed by atoms with E-state index in [0.717, 1.165) is 23.8 Å². The Labute approximate surface area is 198 Å². The molecule has 175 valence electrons. The largest absolute Gasteiger partial charge is 0.272 e. The Kier molecular flexibility index (Phi) is 6.36. The summed E-state index contributed by atoms with van der Waals surface area (Å²) in [6.45, 7) is 7.92. The molecule has 0 bridgehead atoms. The maximum Gasteiger partial charge on any atom is 0.210 e. The van der Waals surface area contributed by atoms with Crippen molar-refractivity contribution in [1.82, 2.24) is 14.8 Å². The maximum atomic E-state index is 14.7. The summed E-state index contributed by atoms with van der Waals surface area (Å²) >= 11 is 0. The van der Waals surface area contributed by atoms with Gasteiger partial charge in [-0.15, -0.1) is 0 Å². The summed E-state index contributed by atoms with van der Waals surface area (Å²) < 4.78 is 58.4. The van der Waals surface area contributed by atoms with Gasteiger partial charge in [0.25, 0.3) is 0 Å². The molecular weight excluding hydrogens is 456 g/mol. The minimum absolute atomic E-state index is 0.0834. The Bertz CT molecular complexity index is 1460. The highest BCUT2D eigenvalue weighted by atomic mass is 32.2. The number of aryl methyl sites for hydroxylation is 2. The first-order valence-electron chi connectivity index (χ1n) is 10.9. The van der Waals surface area contributed by atoms with Gasteiger partial charge in [0.15, 0.2) is 0 Å². The molecule has 5 nitrogen and oxygen atoms in total. The maximum absolute atomic E-state index is 14.7. The monoisotopic (exact) mass is 480 g/mol. The van der Waals surface area contributed by atoms with Gasteiger partial charge in [-0.3, -0.25) is 9.67 Å². The number of halogens is 2. The lowest BCUT2D eigenvalue weighted by molar-refractivity contribution is 0.552. The summed E-state index contributed by atoms with van der Waals surface area (Å²) in [6, 6.07) is 10.8. The van der Waals surface area contributed by atoms with Crippen LogP contribution in [0.25, 0.3) is 22.4 Å². The molecule has 0 aliphatic rings. The van der Waals surface area contributed by atoms with Crippen LogP contribution in [-0.2, 0) is 16.4 Å². The molecular formula is C26H24F2N3O2S. The smallest absolute Gasteiger partial charge is 0.210 e. The summed E-state index contributed by atoms with van der Waals surface area (Å²) in [6.07, 6.45) is 5.13. The SMILES string of the molecule is CCn1cc(-c2ccncc2)c(-c2c(C)[c]cc(C(C)C)c2S(=O)(=O)c2cc(F)ccc2F)n1. The Morgan fingerprint density at radius 2 is 1.82 bits per heavy atom. The average molecular weight is 481 g/mol. The first kappa shape index (κ1) is 23.8. The molecule has 4 aromatic rings. The zero-order valence-electron chi connectivity index (χ0n) is 19.3. The van der Waals surface area contributed by atoms with Crippen LogP contribution in [0.15, 0.2) is 64.8 Å². The normalized spacial score (nSPS) is 11.9. The highest BCUT2D eigenvalue weighted by Gasteiger charge is 2.32. The van der Waals surface area contributed by atoms with E-state index in [-0.39, 0.29) is 10.8 Å². The highest BCUT2D eigenvalue weighted by molar-refractivity contribution is 7.91. The minimum Gasteiger partial charge on any atom is -0.272 e. The van der Waals surface area contributed by atoms with Crippen molar-refractivity contribution in [1.29, 1.82) is 0 Å². The lowest BCUT2D eigenvalue weighted by Crippen LogP contribution is -2.12. The third kappa shape index (κ3) is 4.14. The summed E-state index contributed by atoms with van der Waals surface area (Å²) in [4.78, 5) is 3.27. The van der Waals surface area contributed by atoms with Gasteiger partial charge in [0.1, 0.15) is 22.2 Å². The highest BCUT2D eigenvalue weighted by Crippen LogP contribution is 2.42. The summed E-state index contributed by atoms with van der Waals surface area (Å²) in [5, 5.41) is 4.69. The Morgan fingerprint density at radius 1 is 1.12 bits per heavy atom. The first-order valence-corrected chi connectivity index (χ1v) is 12.4. The predicted octanol–water partition coefficient (Wildman–Crippen LogP) is 5.98. The zero-order chi connectivity index (χ0) is 24.6. The van der Waals surface area contributed by atoms with E-state index in [0.29, 0.717) is 34.5 Å². The van der Waals surface area contributed by atoms with Gasteiger partial charge in [-0.25, -0.2) is 17.2 Å². The molecule has 8 heteroatoms. The molecule has 0 saturated heterocycles. The summed E-state index contributed by atoms with van der Waals surface area (Å²) in [7, 11) is -4.46. The van der Waals surface area contributed by atoms with Crippen molar-refractivity contribution in [2.45, 2.75) is 49.9 Å². The molecule has 0 saturated carbocycles. The van der Waals surface area contributed by atoms with Gasteiger partial charge < -0.3 is 0 Å². The number of aromatic nitrogens is 3. The standard InChI is InChI=1S/C26H24F2N3O2S/c1-5-31-15-21(18-10-12-29-13-11-18)25(30-31)24-17(4)6-8-20(16(2)3)26(24)34(32,33)23-14-19(27)7-9-22(23)28/h7-16H,5H2,1-4H3. The van der Waals surface area contributed by atoms with E-state index in [1.165, 1.54) is 0 Å². The molecule has 0 unspecified atom stereocenters. The second-order valence-corrected chi connectivity index (χ2v) is 10.1. The van der Waals surface area contributed by atoms with E-state index < -0.39 is 26.4 Å². The molecule has 0 atom stereocenters. The third-order valence-corrected chi connectivity index (χ3v) is 7.56. The van der Waals surface area contributed by atoms with Crippen LogP contribution in [0.4, 0.5) is 8.78 Å². The van der Waals surface area contributed by atoms with Gasteiger partial charge in [0.05, 0.1) is 4.90 Å². The Morgan fingerprint density at radius 3 is 2.47 bits per heavy atom. The van der Waals surface area contributed by atoms with Crippen molar-refractivity contribution in [3.8, 4) is 22.4 Å². The van der Waals surface area contributed by atoms with Crippen molar-refractivity contribution in [3.05, 3.63) is 83.8 Å². The molecule has 0 aliphatic carbocycles. The first-order chi connectivity index (χ1) is 16.1. The molecule has 2 aromatic carbocycles. The molecule has 4 rings (SSSR count). The van der Waals surface area contributed by atoms with E-state index in [1.807, 2.05) is 39.1 Å². The lowest BCUT2D eigenvalue weighted by atomic mass is 9.93. The van der Waals surface area contributed by atoms with E-state index in [2.05, 4.69) is 16.1 Å². The van der Waals surface area contributed by atoms with Crippen molar-refractivity contribution < 1.29 is 17.2 Å². The van der Waals surface area contributed by atoms with Crippen LogP contribution >= 0.6 is 0 Å². The molecule has 0 aliphatic heterocycles. The van der Waals surface area contributed by atoms with Gasteiger partial charge in [-0.05, 0) is 78.9 Å². The topological polar surface area (TPSA) is 64.8 Å². The van der Waals surface area contributed by atoms with Crippen LogP contribution in [0, 0.1) is 24.6 Å². The molecule has 2 aromatic heterocycles. The number of benzene rings is 2. The second-order valence-electron chi connectivity index (χ2n) is 8.29. The fraction of sp³-hybridized carbons (Fsp3) is 0.231. The van der Waals surface area contributed by atoms with E-state index in [1.54, 1.807) is 30.1 Å². The number of sulfone groups is 1. The number of nitrogens with zero attached hydrogens (tertiary/aromatic N) is 3. The van der Waals surface area contributed by atoms with E-state index in [4.69, 9.17) is 0 Å². The summed E-state index contributed by atoms with van der Waals surface area (Å²) in [5.41, 5.74) is 3.26. The molecule has 0 spiro atoms. The quantitative estimate of drug-likeness (QED) is 0.341.